The number of hydrogen-bond acceptors (Lipinski definition) is 4. The molecule has 1 rings (SSSR count). The second-order valence-electron chi connectivity index (χ2n) is 3.80. The molecule has 0 atom stereocenters. The molecule has 0 amide bonds. The molecule has 0 N–H and O–H groups in total. The molecule has 6 heteroatoms. The van der Waals surface area contributed by atoms with Gasteiger partial charge in [0.2, 0.25) is 0 Å². The molecule has 0 spiro atoms. The van der Waals surface area contributed by atoms with E-state index >= 15 is 0 Å². The van der Waals surface area contributed by atoms with Crippen molar-refractivity contribution >= 4 is 9.84 Å². The first-order valence-electron chi connectivity index (χ1n) is 5.41. The summed E-state index contributed by atoms with van der Waals surface area (Å²) in [5, 5.41) is 4.04. The second-order valence-corrected chi connectivity index (χ2v) is 6.10. The predicted molar refractivity (Wildman–Crippen MR) is 66.6 cm³/mol. The third-order valence-corrected chi connectivity index (χ3v) is 3.76. The Morgan fingerprint density at radius 3 is 2.88 bits per heavy atom. The average molecular weight is 258 g/mol. The normalized spacial score (nSPS) is 11.6. The Morgan fingerprint density at radius 2 is 2.29 bits per heavy atom. The molecule has 5 nitrogen and oxygen atoms in total. The Balaban J connectivity index is 2.31. The Kier molecular flexibility index (Phi) is 5.37. The lowest BCUT2D eigenvalue weighted by Crippen LogP contribution is -2.19. The lowest BCUT2D eigenvalue weighted by Gasteiger charge is -2.04. The molecule has 0 aliphatic carbocycles. The summed E-state index contributed by atoms with van der Waals surface area (Å²) in [4.78, 5) is 0. The first-order valence-corrected chi connectivity index (χ1v) is 7.24. The van der Waals surface area contributed by atoms with Crippen LogP contribution in [0.2, 0.25) is 0 Å². The van der Waals surface area contributed by atoms with Gasteiger partial charge in [-0.1, -0.05) is 6.08 Å². The van der Waals surface area contributed by atoms with E-state index in [1.54, 1.807) is 17.0 Å². The van der Waals surface area contributed by atoms with E-state index in [1.165, 1.54) is 0 Å². The van der Waals surface area contributed by atoms with Crippen LogP contribution in [0.25, 0.3) is 0 Å². The molecule has 0 aliphatic rings. The fourth-order valence-corrected chi connectivity index (χ4v) is 2.32. The van der Waals surface area contributed by atoms with Gasteiger partial charge in [0.25, 0.3) is 0 Å². The van der Waals surface area contributed by atoms with Crippen molar-refractivity contribution in [3.63, 3.8) is 0 Å². The Labute approximate surface area is 102 Å². The van der Waals surface area contributed by atoms with E-state index in [-0.39, 0.29) is 18.1 Å². The lowest BCUT2D eigenvalue weighted by molar-refractivity contribution is 0.179. The molecule has 0 fully saturated rings. The molecule has 1 aromatic rings. The highest BCUT2D eigenvalue weighted by Gasteiger charge is 2.10. The molecule has 0 radical (unpaired) electrons. The van der Waals surface area contributed by atoms with Crippen LogP contribution in [0.5, 0.6) is 0 Å². The van der Waals surface area contributed by atoms with E-state index in [1.807, 2.05) is 13.1 Å². The van der Waals surface area contributed by atoms with Gasteiger partial charge in [-0.25, -0.2) is 8.42 Å². The minimum atomic E-state index is -3.07. The summed E-state index contributed by atoms with van der Waals surface area (Å²) in [5.41, 5.74) is 1.02. The highest BCUT2D eigenvalue weighted by atomic mass is 32.2. The van der Waals surface area contributed by atoms with Gasteiger partial charge in [0.15, 0.2) is 9.84 Å². The maximum Gasteiger partial charge on any atom is 0.154 e. The first kappa shape index (κ1) is 13.9. The highest BCUT2D eigenvalue weighted by Crippen LogP contribution is 1.97. The van der Waals surface area contributed by atoms with Crippen LogP contribution in [0.15, 0.2) is 25.0 Å². The molecule has 17 heavy (non-hydrogen) atoms. The molecule has 96 valence electrons. The molecule has 1 heterocycles. The van der Waals surface area contributed by atoms with E-state index < -0.39 is 9.84 Å². The number of aromatic nitrogens is 2. The number of sulfone groups is 1. The van der Waals surface area contributed by atoms with Gasteiger partial charge in [0.05, 0.1) is 37.5 Å². The van der Waals surface area contributed by atoms with Crippen molar-refractivity contribution in [2.45, 2.75) is 13.5 Å². The third-order valence-electron chi connectivity index (χ3n) is 2.17. The van der Waals surface area contributed by atoms with Gasteiger partial charge in [0, 0.05) is 6.20 Å². The van der Waals surface area contributed by atoms with Crippen LogP contribution >= 0.6 is 0 Å². The van der Waals surface area contributed by atoms with Gasteiger partial charge in [-0.05, 0) is 12.5 Å². The summed E-state index contributed by atoms with van der Waals surface area (Å²) in [7, 11) is -3.07. The van der Waals surface area contributed by atoms with Crippen LogP contribution in [-0.4, -0.2) is 42.9 Å². The Bertz CT molecular complexity index is 451. The fourth-order valence-electron chi connectivity index (χ4n) is 1.28. The molecule has 0 saturated heterocycles. The summed E-state index contributed by atoms with van der Waals surface area (Å²) >= 11 is 0. The van der Waals surface area contributed by atoms with E-state index in [0.29, 0.717) is 13.2 Å². The largest absolute Gasteiger partial charge is 0.376 e. The highest BCUT2D eigenvalue weighted by molar-refractivity contribution is 7.91. The van der Waals surface area contributed by atoms with E-state index in [2.05, 4.69) is 11.7 Å². The topological polar surface area (TPSA) is 61.2 Å². The van der Waals surface area contributed by atoms with Crippen molar-refractivity contribution in [1.82, 2.24) is 9.78 Å². The summed E-state index contributed by atoms with van der Waals surface area (Å²) in [5.74, 6) is 0.132. The monoisotopic (exact) mass is 258 g/mol. The van der Waals surface area contributed by atoms with E-state index in [4.69, 9.17) is 4.74 Å². The zero-order valence-electron chi connectivity index (χ0n) is 10.0. The van der Waals surface area contributed by atoms with Crippen LogP contribution in [0, 0.1) is 6.92 Å². The second kappa shape index (κ2) is 6.56. The van der Waals surface area contributed by atoms with Crippen molar-refractivity contribution in [1.29, 1.82) is 0 Å². The lowest BCUT2D eigenvalue weighted by atomic mass is 10.4. The van der Waals surface area contributed by atoms with Crippen LogP contribution in [0.3, 0.4) is 0 Å². The Morgan fingerprint density at radius 1 is 1.53 bits per heavy atom. The van der Waals surface area contributed by atoms with Gasteiger partial charge < -0.3 is 4.74 Å². The molecular weight excluding hydrogens is 240 g/mol. The maximum absolute atomic E-state index is 11.6. The van der Waals surface area contributed by atoms with Crippen LogP contribution in [0.4, 0.5) is 0 Å². The van der Waals surface area contributed by atoms with Gasteiger partial charge in [0.1, 0.15) is 0 Å². The van der Waals surface area contributed by atoms with Crippen LogP contribution in [-0.2, 0) is 21.1 Å². The van der Waals surface area contributed by atoms with Crippen molar-refractivity contribution in [2.24, 2.45) is 0 Å². The van der Waals surface area contributed by atoms with Crippen molar-refractivity contribution in [2.75, 3.05) is 24.7 Å². The number of rotatable bonds is 8. The van der Waals surface area contributed by atoms with Crippen molar-refractivity contribution in [3.8, 4) is 0 Å². The minimum absolute atomic E-state index is 0.0427. The minimum Gasteiger partial charge on any atom is -0.376 e. The predicted octanol–water partition coefficient (Wildman–Crippen LogP) is 0.809. The number of nitrogens with zero attached hydrogens (tertiary/aromatic N) is 2. The quantitative estimate of drug-likeness (QED) is 0.511. The van der Waals surface area contributed by atoms with Crippen molar-refractivity contribution < 1.29 is 13.2 Å². The number of ether oxygens (including phenoxy) is 1. The fraction of sp³-hybridized carbons (Fsp3) is 0.545. The van der Waals surface area contributed by atoms with Gasteiger partial charge >= 0.3 is 0 Å². The van der Waals surface area contributed by atoms with E-state index in [0.717, 1.165) is 5.56 Å². The summed E-state index contributed by atoms with van der Waals surface area (Å²) in [6.45, 7) is 6.39. The van der Waals surface area contributed by atoms with Crippen molar-refractivity contribution in [3.05, 3.63) is 30.6 Å². The smallest absolute Gasteiger partial charge is 0.154 e. The first-order chi connectivity index (χ1) is 8.03. The number of aryl methyl sites for hydroxylation is 2. The van der Waals surface area contributed by atoms with Crippen LogP contribution < -0.4 is 0 Å². The zero-order chi connectivity index (χ0) is 12.7. The molecular formula is C11H18N2O3S. The van der Waals surface area contributed by atoms with E-state index in [9.17, 15) is 8.42 Å². The van der Waals surface area contributed by atoms with Gasteiger partial charge in [-0.15, -0.1) is 6.58 Å². The summed E-state index contributed by atoms with van der Waals surface area (Å²) in [6, 6.07) is 0. The average Bonchev–Trinajstić information content (AvgIpc) is 2.68. The molecule has 0 aromatic carbocycles. The van der Waals surface area contributed by atoms with Gasteiger partial charge in [-0.3, -0.25) is 4.68 Å². The zero-order valence-corrected chi connectivity index (χ0v) is 10.8. The van der Waals surface area contributed by atoms with Gasteiger partial charge in [-0.2, -0.15) is 5.10 Å². The molecule has 0 bridgehead atoms. The third kappa shape index (κ3) is 5.65. The molecule has 0 saturated carbocycles. The molecule has 1 aromatic heterocycles. The maximum atomic E-state index is 11.6. The Hall–Kier alpha value is -1.14. The number of hydrogen-bond donors (Lipinski definition) is 0. The van der Waals surface area contributed by atoms with Crippen LogP contribution in [0.1, 0.15) is 5.56 Å². The summed E-state index contributed by atoms with van der Waals surface area (Å²) < 4.78 is 29.9. The standard InChI is InChI=1S/C11H18N2O3S/c1-3-5-16-6-8-17(14,15)7-4-13-10-11(2)9-12-13/h3,9-10H,1,4-8H2,2H3. The SMILES string of the molecule is C=CCOCCS(=O)(=O)CCn1cc(C)cn1. The molecule has 0 aliphatic heterocycles. The molecule has 0 unspecified atom stereocenters. The summed E-state index contributed by atoms with van der Waals surface area (Å²) in [6.07, 6.45) is 5.13.